The summed E-state index contributed by atoms with van der Waals surface area (Å²) in [4.78, 5) is 8.92. The molecule has 192 valence electrons. The van der Waals surface area contributed by atoms with Gasteiger partial charge in [0.15, 0.2) is 12.3 Å². The summed E-state index contributed by atoms with van der Waals surface area (Å²) in [7, 11) is 0. The van der Waals surface area contributed by atoms with Crippen molar-refractivity contribution in [2.75, 3.05) is 13.1 Å². The van der Waals surface area contributed by atoms with E-state index in [4.69, 9.17) is 26.3 Å². The lowest BCUT2D eigenvalue weighted by atomic mass is 10.0. The summed E-state index contributed by atoms with van der Waals surface area (Å²) in [5, 5.41) is 31.3. The van der Waals surface area contributed by atoms with Gasteiger partial charge in [0.05, 0.1) is 6.04 Å². The fourth-order valence-electron chi connectivity index (χ4n) is 3.54. The summed E-state index contributed by atoms with van der Waals surface area (Å²) in [5.41, 5.74) is 10.1. The van der Waals surface area contributed by atoms with Gasteiger partial charge in [-0.05, 0) is 68.6 Å². The van der Waals surface area contributed by atoms with E-state index in [1.165, 1.54) is 0 Å². The summed E-state index contributed by atoms with van der Waals surface area (Å²) in [6.45, 7) is 7.58. The number of rotatable bonds is 13. The normalized spacial score (nSPS) is 16.8. The van der Waals surface area contributed by atoms with E-state index in [1.807, 2.05) is 31.4 Å². The third-order valence-corrected chi connectivity index (χ3v) is 5.56. The SMILES string of the molecule is C=C/C(=C\C=C(/C)NC(O)/C=C/c1cnccc1C(C=NC1CCNCC1)=CN)CCC(=N)OC=N. The highest BCUT2D eigenvalue weighted by Gasteiger charge is 2.11. The highest BCUT2D eigenvalue weighted by Crippen LogP contribution is 2.19. The zero-order valence-corrected chi connectivity index (χ0v) is 20.8. The molecule has 0 aromatic carbocycles. The topological polar surface area (TPSA) is 152 Å². The van der Waals surface area contributed by atoms with Gasteiger partial charge in [0.1, 0.15) is 6.23 Å². The predicted octanol–water partition coefficient (Wildman–Crippen LogP) is 3.52. The van der Waals surface area contributed by atoms with Gasteiger partial charge in [-0.15, -0.1) is 0 Å². The minimum Gasteiger partial charge on any atom is -0.433 e. The summed E-state index contributed by atoms with van der Waals surface area (Å²) in [6.07, 6.45) is 18.4. The van der Waals surface area contributed by atoms with Crippen LogP contribution in [0.1, 0.15) is 43.7 Å². The maximum Gasteiger partial charge on any atom is 0.189 e. The van der Waals surface area contributed by atoms with Crippen molar-refractivity contribution in [2.45, 2.75) is 44.9 Å². The number of hydrogen-bond donors (Lipinski definition) is 6. The Balaban J connectivity index is 2.02. The van der Waals surface area contributed by atoms with Crippen molar-refractivity contribution in [3.05, 3.63) is 77.9 Å². The lowest BCUT2D eigenvalue weighted by Crippen LogP contribution is -2.29. The van der Waals surface area contributed by atoms with Crippen LogP contribution in [0.5, 0.6) is 0 Å². The summed E-state index contributed by atoms with van der Waals surface area (Å²) < 4.78 is 4.72. The lowest BCUT2D eigenvalue weighted by Gasteiger charge is -2.18. The molecule has 36 heavy (non-hydrogen) atoms. The zero-order chi connectivity index (χ0) is 26.2. The second kappa shape index (κ2) is 16.0. The molecule has 0 bridgehead atoms. The maximum atomic E-state index is 10.5. The summed E-state index contributed by atoms with van der Waals surface area (Å²) >= 11 is 0. The van der Waals surface area contributed by atoms with E-state index in [0.717, 1.165) is 60.3 Å². The van der Waals surface area contributed by atoms with Crippen LogP contribution >= 0.6 is 0 Å². The number of hydrogen-bond acceptors (Lipinski definition) is 9. The predicted molar refractivity (Wildman–Crippen MR) is 148 cm³/mol. The van der Waals surface area contributed by atoms with Gasteiger partial charge in [0.2, 0.25) is 0 Å². The number of aromatic nitrogens is 1. The number of aliphatic imine (C=N–C) groups is 1. The fraction of sp³-hybridized carbons (Fsp3) is 0.333. The van der Waals surface area contributed by atoms with E-state index in [9.17, 15) is 5.11 Å². The average Bonchev–Trinajstić information content (AvgIpc) is 2.89. The van der Waals surface area contributed by atoms with Gasteiger partial charge >= 0.3 is 0 Å². The Morgan fingerprint density at radius 2 is 2.17 bits per heavy atom. The molecule has 1 atom stereocenters. The van der Waals surface area contributed by atoms with E-state index in [0.29, 0.717) is 18.9 Å². The van der Waals surface area contributed by atoms with Crippen LogP contribution < -0.4 is 16.4 Å². The van der Waals surface area contributed by atoms with Crippen molar-refractivity contribution in [1.29, 1.82) is 10.8 Å². The molecule has 0 spiro atoms. The number of ether oxygens (including phenoxy) is 1. The van der Waals surface area contributed by atoms with E-state index in [2.05, 4.69) is 22.2 Å². The van der Waals surface area contributed by atoms with Crippen LogP contribution in [0.2, 0.25) is 0 Å². The number of pyridine rings is 1. The van der Waals surface area contributed by atoms with Crippen molar-refractivity contribution in [3.8, 4) is 0 Å². The molecule has 1 unspecified atom stereocenters. The van der Waals surface area contributed by atoms with Gasteiger partial charge in [-0.25, -0.2) is 0 Å². The Morgan fingerprint density at radius 1 is 1.39 bits per heavy atom. The van der Waals surface area contributed by atoms with Crippen LogP contribution in [0.3, 0.4) is 0 Å². The molecular formula is C27H37N7O2. The molecule has 2 heterocycles. The number of allylic oxidation sites excluding steroid dienone is 6. The molecule has 1 saturated heterocycles. The summed E-state index contributed by atoms with van der Waals surface area (Å²) in [5.74, 6) is 0.0251. The summed E-state index contributed by atoms with van der Waals surface area (Å²) in [6, 6.07) is 2.17. The van der Waals surface area contributed by atoms with Crippen molar-refractivity contribution < 1.29 is 9.84 Å². The fourth-order valence-corrected chi connectivity index (χ4v) is 3.54. The zero-order valence-electron chi connectivity index (χ0n) is 20.8. The van der Waals surface area contributed by atoms with Gasteiger partial charge < -0.3 is 26.2 Å². The molecule has 1 aromatic rings. The van der Waals surface area contributed by atoms with Crippen LogP contribution in [0.25, 0.3) is 11.6 Å². The Hall–Kier alpha value is -3.82. The van der Waals surface area contributed by atoms with Crippen LogP contribution in [0.15, 0.2) is 71.8 Å². The number of aliphatic hydroxyl groups is 1. The second-order valence-corrected chi connectivity index (χ2v) is 8.25. The van der Waals surface area contributed by atoms with E-state index in [1.54, 1.807) is 36.8 Å². The first-order valence-electron chi connectivity index (χ1n) is 11.9. The van der Waals surface area contributed by atoms with Gasteiger partial charge in [-0.1, -0.05) is 24.8 Å². The number of nitrogens with zero attached hydrogens (tertiary/aromatic N) is 2. The number of aliphatic hydroxyl groups excluding tert-OH is 1. The number of nitrogens with one attached hydrogen (secondary N) is 4. The standard InChI is InChI=1S/C27H37N7O2/c1-3-21(6-8-26(30)36-19-29)5-4-20(2)34-27(35)9-7-22-17-32-15-12-25(22)23(16-28)18-33-24-10-13-31-14-11-24/h3-5,7,9,12,15-19,24,27,29-31,34-35H,1,6,8,10-11,13-14,28H2,2H3/b9-7+,20-4+,21-5+,23-16?,29-19?,30-26?,33-18?. The minimum absolute atomic E-state index is 0.0251. The molecule has 1 fully saturated rings. The molecule has 1 aliphatic heterocycles. The van der Waals surface area contributed by atoms with Gasteiger partial charge in [0, 0.05) is 48.1 Å². The smallest absolute Gasteiger partial charge is 0.189 e. The first kappa shape index (κ1) is 28.4. The molecule has 9 nitrogen and oxygen atoms in total. The Kier molecular flexibility index (Phi) is 12.6. The maximum absolute atomic E-state index is 10.5. The van der Waals surface area contributed by atoms with E-state index < -0.39 is 6.23 Å². The molecule has 7 N–H and O–H groups in total. The highest BCUT2D eigenvalue weighted by molar-refractivity contribution is 6.10. The number of piperidine rings is 1. The molecule has 0 saturated carbocycles. The quantitative estimate of drug-likeness (QED) is 0.107. The van der Waals surface area contributed by atoms with Crippen LogP contribution in [0, 0.1) is 10.8 Å². The Bertz CT molecular complexity index is 1030. The van der Waals surface area contributed by atoms with Crippen LogP contribution in [0.4, 0.5) is 0 Å². The average molecular weight is 492 g/mol. The minimum atomic E-state index is -0.919. The van der Waals surface area contributed by atoms with Crippen molar-refractivity contribution >= 4 is 30.2 Å². The van der Waals surface area contributed by atoms with Crippen LogP contribution in [-0.2, 0) is 4.74 Å². The monoisotopic (exact) mass is 491 g/mol. The number of nitrogens with two attached hydrogens (primary N) is 1. The molecular weight excluding hydrogens is 454 g/mol. The van der Waals surface area contributed by atoms with Gasteiger partial charge in [-0.2, -0.15) is 0 Å². The Labute approximate surface area is 213 Å². The third-order valence-electron chi connectivity index (χ3n) is 5.56. The first-order valence-corrected chi connectivity index (χ1v) is 11.9. The molecule has 1 aromatic heterocycles. The second-order valence-electron chi connectivity index (χ2n) is 8.25. The molecule has 2 rings (SSSR count). The van der Waals surface area contributed by atoms with E-state index in [-0.39, 0.29) is 5.90 Å². The Morgan fingerprint density at radius 3 is 2.86 bits per heavy atom. The first-order chi connectivity index (χ1) is 17.5. The van der Waals surface area contributed by atoms with Gasteiger partial charge in [0.25, 0.3) is 0 Å². The molecule has 0 aliphatic carbocycles. The van der Waals surface area contributed by atoms with Crippen molar-refractivity contribution in [1.82, 2.24) is 15.6 Å². The third kappa shape index (κ3) is 10.2. The van der Waals surface area contributed by atoms with E-state index >= 15 is 0 Å². The largest absolute Gasteiger partial charge is 0.433 e. The molecule has 9 heteroatoms. The molecule has 1 aliphatic rings. The van der Waals surface area contributed by atoms with Gasteiger partial charge in [-0.3, -0.25) is 20.8 Å². The molecule has 0 amide bonds. The lowest BCUT2D eigenvalue weighted by molar-refractivity contribution is 0.198. The molecule has 0 radical (unpaired) electrons. The van der Waals surface area contributed by atoms with Crippen LogP contribution in [-0.4, -0.2) is 54.0 Å². The van der Waals surface area contributed by atoms with Crippen molar-refractivity contribution in [2.24, 2.45) is 10.7 Å². The van der Waals surface area contributed by atoms with Crippen molar-refractivity contribution in [3.63, 3.8) is 0 Å². The highest BCUT2D eigenvalue weighted by atomic mass is 16.5.